The molecule has 18 heavy (non-hydrogen) atoms. The molecule has 0 aliphatic carbocycles. The predicted octanol–water partition coefficient (Wildman–Crippen LogP) is 2.41. The number of rotatable bonds is 4. The first-order valence-corrected chi connectivity index (χ1v) is 5.86. The van der Waals surface area contributed by atoms with Gasteiger partial charge in [-0.1, -0.05) is 29.8 Å². The highest BCUT2D eigenvalue weighted by Crippen LogP contribution is 2.23. The first-order chi connectivity index (χ1) is 8.70. The van der Waals surface area contributed by atoms with Crippen LogP contribution in [0, 0.1) is 0 Å². The van der Waals surface area contributed by atoms with E-state index >= 15 is 0 Å². The minimum atomic E-state index is -0.734. The van der Waals surface area contributed by atoms with Crippen LogP contribution >= 0.6 is 11.6 Å². The summed E-state index contributed by atoms with van der Waals surface area (Å²) in [7, 11) is 1.52. The van der Waals surface area contributed by atoms with E-state index in [-0.39, 0.29) is 0 Å². The summed E-state index contributed by atoms with van der Waals surface area (Å²) < 4.78 is 4.99. The molecular weight excluding hydrogens is 252 g/mol. The smallest absolute Gasteiger partial charge is 0.216 e. The Hall–Kier alpha value is -1.65. The molecule has 0 saturated heterocycles. The molecule has 1 heterocycles. The number of nitrogens with zero attached hydrogens (tertiary/aromatic N) is 2. The Bertz CT molecular complexity index is 534. The van der Waals surface area contributed by atoms with Crippen molar-refractivity contribution in [2.24, 2.45) is 0 Å². The molecule has 1 atom stereocenters. The van der Waals surface area contributed by atoms with Crippen molar-refractivity contribution in [3.8, 4) is 5.88 Å². The molecule has 0 aliphatic heterocycles. The molecule has 0 radical (unpaired) electrons. The fraction of sp³-hybridized carbons (Fsp3) is 0.231. The van der Waals surface area contributed by atoms with Gasteiger partial charge in [-0.05, 0) is 11.6 Å². The van der Waals surface area contributed by atoms with Crippen LogP contribution in [0.5, 0.6) is 5.88 Å². The average molecular weight is 265 g/mol. The lowest BCUT2D eigenvalue weighted by molar-refractivity contribution is 0.173. The summed E-state index contributed by atoms with van der Waals surface area (Å²) in [6, 6.07) is 9.02. The zero-order valence-corrected chi connectivity index (χ0v) is 10.6. The Morgan fingerprint density at radius 3 is 2.83 bits per heavy atom. The molecule has 1 N–H and O–H groups in total. The molecule has 0 amide bonds. The van der Waals surface area contributed by atoms with E-state index in [0.29, 0.717) is 23.0 Å². The summed E-state index contributed by atoms with van der Waals surface area (Å²) in [4.78, 5) is 7.92. The van der Waals surface area contributed by atoms with Crippen LogP contribution in [0.25, 0.3) is 0 Å². The topological polar surface area (TPSA) is 55.2 Å². The Morgan fingerprint density at radius 2 is 2.11 bits per heavy atom. The number of hydrogen-bond acceptors (Lipinski definition) is 4. The number of ether oxygens (including phenoxy) is 1. The first-order valence-electron chi connectivity index (χ1n) is 5.48. The Labute approximate surface area is 110 Å². The molecule has 0 bridgehead atoms. The van der Waals surface area contributed by atoms with E-state index in [2.05, 4.69) is 9.97 Å². The molecule has 2 rings (SSSR count). The first kappa shape index (κ1) is 12.8. The second kappa shape index (κ2) is 5.80. The van der Waals surface area contributed by atoms with Gasteiger partial charge >= 0.3 is 0 Å². The van der Waals surface area contributed by atoms with Crippen LogP contribution in [0.4, 0.5) is 0 Å². The van der Waals surface area contributed by atoms with Crippen molar-refractivity contribution in [1.29, 1.82) is 0 Å². The largest absolute Gasteiger partial charge is 0.481 e. The van der Waals surface area contributed by atoms with Gasteiger partial charge in [-0.25, -0.2) is 9.97 Å². The molecule has 2 aromatic rings. The molecule has 1 aromatic carbocycles. The van der Waals surface area contributed by atoms with Gasteiger partial charge in [-0.3, -0.25) is 0 Å². The van der Waals surface area contributed by atoms with E-state index < -0.39 is 6.10 Å². The third-order valence-corrected chi connectivity index (χ3v) is 2.95. The number of hydrogen-bond donors (Lipinski definition) is 1. The minimum Gasteiger partial charge on any atom is -0.481 e. The van der Waals surface area contributed by atoms with Crippen molar-refractivity contribution in [3.05, 3.63) is 52.9 Å². The molecule has 0 aliphatic rings. The number of methoxy groups -OCH3 is 1. The standard InChI is InChI=1S/C13H13ClN2O2/c1-18-13-7-11(15-8-16-13)12(17)6-9-4-2-3-5-10(9)14/h2-5,7-8,12,17H,6H2,1H3. The lowest BCUT2D eigenvalue weighted by atomic mass is 10.1. The van der Waals surface area contributed by atoms with Gasteiger partial charge in [0.2, 0.25) is 5.88 Å². The van der Waals surface area contributed by atoms with Crippen molar-refractivity contribution in [1.82, 2.24) is 9.97 Å². The Morgan fingerprint density at radius 1 is 1.33 bits per heavy atom. The van der Waals surface area contributed by atoms with Crippen LogP contribution < -0.4 is 4.74 Å². The van der Waals surface area contributed by atoms with Crippen molar-refractivity contribution < 1.29 is 9.84 Å². The fourth-order valence-corrected chi connectivity index (χ4v) is 1.84. The maximum Gasteiger partial charge on any atom is 0.216 e. The summed E-state index contributed by atoms with van der Waals surface area (Å²) in [5.74, 6) is 0.429. The molecule has 1 unspecified atom stereocenters. The van der Waals surface area contributed by atoms with Crippen LogP contribution in [0.1, 0.15) is 17.4 Å². The van der Waals surface area contributed by atoms with E-state index in [1.54, 1.807) is 12.1 Å². The molecule has 1 aromatic heterocycles. The molecule has 5 heteroatoms. The zero-order chi connectivity index (χ0) is 13.0. The van der Waals surface area contributed by atoms with Gasteiger partial charge in [0.15, 0.2) is 0 Å². The van der Waals surface area contributed by atoms with Gasteiger partial charge < -0.3 is 9.84 Å². The number of halogens is 1. The fourth-order valence-electron chi connectivity index (χ4n) is 1.62. The van der Waals surface area contributed by atoms with E-state index in [4.69, 9.17) is 16.3 Å². The maximum atomic E-state index is 10.1. The second-order valence-electron chi connectivity index (χ2n) is 3.80. The molecule has 0 saturated carbocycles. The van der Waals surface area contributed by atoms with Gasteiger partial charge in [-0.2, -0.15) is 0 Å². The number of benzene rings is 1. The Balaban J connectivity index is 2.16. The number of aliphatic hydroxyl groups excluding tert-OH is 1. The van der Waals surface area contributed by atoms with E-state index in [1.165, 1.54) is 13.4 Å². The quantitative estimate of drug-likeness (QED) is 0.921. The summed E-state index contributed by atoms with van der Waals surface area (Å²) in [5.41, 5.74) is 1.39. The number of aliphatic hydroxyl groups is 1. The highest BCUT2D eigenvalue weighted by molar-refractivity contribution is 6.31. The summed E-state index contributed by atoms with van der Waals surface area (Å²) in [6.07, 6.45) is 1.03. The predicted molar refractivity (Wildman–Crippen MR) is 68.7 cm³/mol. The third kappa shape index (κ3) is 2.97. The lowest BCUT2D eigenvalue weighted by Gasteiger charge is -2.11. The van der Waals surface area contributed by atoms with Crippen LogP contribution in [-0.4, -0.2) is 22.2 Å². The highest BCUT2D eigenvalue weighted by atomic mass is 35.5. The minimum absolute atomic E-state index is 0.403. The van der Waals surface area contributed by atoms with Crippen molar-refractivity contribution >= 4 is 11.6 Å². The van der Waals surface area contributed by atoms with E-state index in [0.717, 1.165) is 5.56 Å². The van der Waals surface area contributed by atoms with Gasteiger partial charge in [0.1, 0.15) is 12.4 Å². The normalized spacial score (nSPS) is 12.2. The molecule has 94 valence electrons. The van der Waals surface area contributed by atoms with Gasteiger partial charge in [0.05, 0.1) is 12.8 Å². The van der Waals surface area contributed by atoms with E-state index in [1.807, 2.05) is 18.2 Å². The average Bonchev–Trinajstić information content (AvgIpc) is 2.41. The van der Waals surface area contributed by atoms with Crippen molar-refractivity contribution in [2.45, 2.75) is 12.5 Å². The molecule has 0 fully saturated rings. The monoisotopic (exact) mass is 264 g/mol. The molecule has 0 spiro atoms. The zero-order valence-electron chi connectivity index (χ0n) is 9.88. The van der Waals surface area contributed by atoms with Crippen LogP contribution in [0.15, 0.2) is 36.7 Å². The van der Waals surface area contributed by atoms with Gasteiger partial charge in [-0.15, -0.1) is 0 Å². The van der Waals surface area contributed by atoms with Crippen LogP contribution in [0.3, 0.4) is 0 Å². The second-order valence-corrected chi connectivity index (χ2v) is 4.20. The third-order valence-electron chi connectivity index (χ3n) is 2.58. The Kier molecular flexibility index (Phi) is 4.12. The molecular formula is C13H13ClN2O2. The van der Waals surface area contributed by atoms with Crippen molar-refractivity contribution in [3.63, 3.8) is 0 Å². The molecule has 4 nitrogen and oxygen atoms in total. The van der Waals surface area contributed by atoms with Crippen molar-refractivity contribution in [2.75, 3.05) is 7.11 Å². The summed E-state index contributed by atoms with van der Waals surface area (Å²) in [6.45, 7) is 0. The summed E-state index contributed by atoms with van der Waals surface area (Å²) in [5, 5.41) is 10.8. The van der Waals surface area contributed by atoms with Crippen LogP contribution in [-0.2, 0) is 6.42 Å². The van der Waals surface area contributed by atoms with Crippen LogP contribution in [0.2, 0.25) is 5.02 Å². The summed E-state index contributed by atoms with van der Waals surface area (Å²) >= 11 is 6.05. The van der Waals surface area contributed by atoms with E-state index in [9.17, 15) is 5.11 Å². The van der Waals surface area contributed by atoms with Gasteiger partial charge in [0, 0.05) is 17.5 Å². The van der Waals surface area contributed by atoms with Gasteiger partial charge in [0.25, 0.3) is 0 Å². The maximum absolute atomic E-state index is 10.1. The SMILES string of the molecule is COc1cc(C(O)Cc2ccccc2Cl)ncn1. The highest BCUT2D eigenvalue weighted by Gasteiger charge is 2.13. The number of aromatic nitrogens is 2. The lowest BCUT2D eigenvalue weighted by Crippen LogP contribution is -2.05.